The van der Waals surface area contributed by atoms with Crippen molar-refractivity contribution in [2.75, 3.05) is 6.61 Å². The standard InChI is InChI=1S/C13H7Cl2NO5S/c14-7-1-2-8(9(15)5-7)10(17)6-21-13(18)11-3-4-12(22-11)16(19)20/h1-5H,6H2. The van der Waals surface area contributed by atoms with E-state index in [0.29, 0.717) is 16.4 Å². The summed E-state index contributed by atoms with van der Waals surface area (Å²) in [6.07, 6.45) is 0. The van der Waals surface area contributed by atoms with Crippen LogP contribution in [0, 0.1) is 10.1 Å². The molecule has 0 bridgehead atoms. The Morgan fingerprint density at radius 2 is 1.95 bits per heavy atom. The van der Waals surface area contributed by atoms with Gasteiger partial charge in [0.2, 0.25) is 5.78 Å². The normalized spacial score (nSPS) is 10.3. The molecule has 9 heteroatoms. The van der Waals surface area contributed by atoms with E-state index in [1.54, 1.807) is 0 Å². The maximum atomic E-state index is 11.9. The Balaban J connectivity index is 2.01. The number of halogens is 2. The van der Waals surface area contributed by atoms with E-state index < -0.39 is 23.3 Å². The molecule has 0 amide bonds. The first kappa shape index (κ1) is 16.4. The number of hydrogen-bond acceptors (Lipinski definition) is 6. The number of Topliss-reactive ketones (excluding diaryl/α,β-unsaturated/α-hetero) is 1. The summed E-state index contributed by atoms with van der Waals surface area (Å²) < 4.78 is 4.83. The van der Waals surface area contributed by atoms with Crippen LogP contribution in [0.15, 0.2) is 30.3 Å². The van der Waals surface area contributed by atoms with Gasteiger partial charge in [-0.2, -0.15) is 0 Å². The number of thiophene rings is 1. The Kier molecular flexibility index (Phi) is 5.12. The SMILES string of the molecule is O=C(OCC(=O)c1ccc(Cl)cc1Cl)c1ccc([N+](=O)[O-])s1. The lowest BCUT2D eigenvalue weighted by atomic mass is 10.1. The zero-order chi connectivity index (χ0) is 16.3. The minimum atomic E-state index is -0.809. The van der Waals surface area contributed by atoms with E-state index in [1.165, 1.54) is 30.3 Å². The summed E-state index contributed by atoms with van der Waals surface area (Å²) in [7, 11) is 0. The van der Waals surface area contributed by atoms with Gasteiger partial charge < -0.3 is 4.74 Å². The van der Waals surface area contributed by atoms with Gasteiger partial charge in [0.25, 0.3) is 0 Å². The molecule has 0 saturated heterocycles. The van der Waals surface area contributed by atoms with Crippen molar-refractivity contribution < 1.29 is 19.2 Å². The average Bonchev–Trinajstić information content (AvgIpc) is 2.94. The van der Waals surface area contributed by atoms with Crippen LogP contribution in [0.1, 0.15) is 20.0 Å². The number of ketones is 1. The van der Waals surface area contributed by atoms with Gasteiger partial charge in [-0.05, 0) is 24.3 Å². The van der Waals surface area contributed by atoms with Gasteiger partial charge in [-0.15, -0.1) is 0 Å². The van der Waals surface area contributed by atoms with Crippen LogP contribution in [-0.2, 0) is 4.74 Å². The second-order valence-corrected chi connectivity index (χ2v) is 5.92. The second kappa shape index (κ2) is 6.87. The second-order valence-electron chi connectivity index (χ2n) is 4.02. The number of nitro groups is 1. The summed E-state index contributed by atoms with van der Waals surface area (Å²) in [6, 6.07) is 6.78. The van der Waals surface area contributed by atoms with Crippen molar-refractivity contribution in [1.82, 2.24) is 0 Å². The van der Waals surface area contributed by atoms with E-state index in [-0.39, 0.29) is 20.5 Å². The van der Waals surface area contributed by atoms with E-state index in [2.05, 4.69) is 0 Å². The van der Waals surface area contributed by atoms with Crippen molar-refractivity contribution in [1.29, 1.82) is 0 Å². The largest absolute Gasteiger partial charge is 0.453 e. The fourth-order valence-electron chi connectivity index (χ4n) is 1.53. The number of ether oxygens (including phenoxy) is 1. The van der Waals surface area contributed by atoms with Crippen LogP contribution < -0.4 is 0 Å². The molecular formula is C13H7Cl2NO5S. The Hall–Kier alpha value is -1.96. The summed E-state index contributed by atoms with van der Waals surface area (Å²) in [4.78, 5) is 33.6. The van der Waals surface area contributed by atoms with E-state index in [0.717, 1.165) is 0 Å². The number of hydrogen-bond donors (Lipinski definition) is 0. The third kappa shape index (κ3) is 3.82. The lowest BCUT2D eigenvalue weighted by Gasteiger charge is -2.05. The summed E-state index contributed by atoms with van der Waals surface area (Å²) in [5.74, 6) is -1.31. The van der Waals surface area contributed by atoms with Gasteiger partial charge >= 0.3 is 11.0 Å². The van der Waals surface area contributed by atoms with Crippen LogP contribution in [0.4, 0.5) is 5.00 Å². The van der Waals surface area contributed by atoms with Gasteiger partial charge in [-0.1, -0.05) is 34.5 Å². The highest BCUT2D eigenvalue weighted by molar-refractivity contribution is 7.17. The monoisotopic (exact) mass is 359 g/mol. The van der Waals surface area contributed by atoms with Gasteiger partial charge in [0.05, 0.1) is 9.95 Å². The van der Waals surface area contributed by atoms with Crippen molar-refractivity contribution in [3.8, 4) is 0 Å². The zero-order valence-corrected chi connectivity index (χ0v) is 13.1. The molecule has 22 heavy (non-hydrogen) atoms. The van der Waals surface area contributed by atoms with Gasteiger partial charge in [-0.25, -0.2) is 4.79 Å². The lowest BCUT2D eigenvalue weighted by molar-refractivity contribution is -0.380. The van der Waals surface area contributed by atoms with Crippen molar-refractivity contribution >= 4 is 51.3 Å². The average molecular weight is 360 g/mol. The van der Waals surface area contributed by atoms with Crippen LogP contribution in [0.25, 0.3) is 0 Å². The molecule has 2 rings (SSSR count). The van der Waals surface area contributed by atoms with Crippen molar-refractivity contribution in [3.05, 3.63) is 60.9 Å². The summed E-state index contributed by atoms with van der Waals surface area (Å²) >= 11 is 12.3. The smallest absolute Gasteiger partial charge is 0.349 e. The van der Waals surface area contributed by atoms with Gasteiger partial charge in [-0.3, -0.25) is 14.9 Å². The number of benzene rings is 1. The minimum absolute atomic E-state index is 0.0432. The predicted molar refractivity (Wildman–Crippen MR) is 82.0 cm³/mol. The minimum Gasteiger partial charge on any atom is -0.453 e. The first-order valence-corrected chi connectivity index (χ1v) is 7.35. The molecule has 0 atom stereocenters. The molecule has 0 spiro atoms. The molecule has 1 aromatic carbocycles. The van der Waals surface area contributed by atoms with Gasteiger partial charge in [0.15, 0.2) is 6.61 Å². The Morgan fingerprint density at radius 3 is 2.55 bits per heavy atom. The summed E-state index contributed by atoms with van der Waals surface area (Å²) in [5.41, 5.74) is 0.177. The first-order valence-electron chi connectivity index (χ1n) is 5.78. The number of rotatable bonds is 5. The van der Waals surface area contributed by atoms with Crippen molar-refractivity contribution in [2.45, 2.75) is 0 Å². The van der Waals surface area contributed by atoms with Gasteiger partial charge in [0, 0.05) is 16.7 Å². The van der Waals surface area contributed by atoms with E-state index in [9.17, 15) is 19.7 Å². The van der Waals surface area contributed by atoms with E-state index in [1.807, 2.05) is 0 Å². The van der Waals surface area contributed by atoms with Crippen molar-refractivity contribution in [3.63, 3.8) is 0 Å². The Bertz CT molecular complexity index is 759. The number of carbonyl (C=O) groups excluding carboxylic acids is 2. The highest BCUT2D eigenvalue weighted by Gasteiger charge is 2.18. The topological polar surface area (TPSA) is 86.5 Å². The third-order valence-electron chi connectivity index (χ3n) is 2.54. The first-order chi connectivity index (χ1) is 10.4. The van der Waals surface area contributed by atoms with Gasteiger partial charge in [0.1, 0.15) is 4.88 Å². The molecule has 0 aliphatic rings. The zero-order valence-electron chi connectivity index (χ0n) is 10.7. The molecule has 2 aromatic rings. The molecule has 0 fully saturated rings. The Morgan fingerprint density at radius 1 is 1.23 bits per heavy atom. The van der Waals surface area contributed by atoms with Crippen LogP contribution in [0.5, 0.6) is 0 Å². The lowest BCUT2D eigenvalue weighted by Crippen LogP contribution is -2.13. The molecule has 1 aromatic heterocycles. The summed E-state index contributed by atoms with van der Waals surface area (Å²) in [6.45, 7) is -0.522. The summed E-state index contributed by atoms with van der Waals surface area (Å²) in [5, 5.41) is 10.9. The number of esters is 1. The van der Waals surface area contributed by atoms with Crippen LogP contribution in [0.3, 0.4) is 0 Å². The maximum Gasteiger partial charge on any atom is 0.349 e. The molecule has 0 saturated carbocycles. The fraction of sp³-hybridized carbons (Fsp3) is 0.0769. The van der Waals surface area contributed by atoms with Crippen LogP contribution >= 0.6 is 34.5 Å². The molecule has 0 unspecified atom stereocenters. The predicted octanol–water partition coefficient (Wildman–Crippen LogP) is 4.00. The molecule has 0 aliphatic heterocycles. The molecule has 0 aliphatic carbocycles. The molecule has 0 radical (unpaired) electrons. The molecule has 6 nitrogen and oxygen atoms in total. The quantitative estimate of drug-likeness (QED) is 0.348. The highest BCUT2D eigenvalue weighted by atomic mass is 35.5. The van der Waals surface area contributed by atoms with E-state index >= 15 is 0 Å². The molecule has 114 valence electrons. The molecule has 0 N–H and O–H groups in total. The number of nitrogens with zero attached hydrogens (tertiary/aromatic N) is 1. The molecule has 1 heterocycles. The fourth-order valence-corrected chi connectivity index (χ4v) is 2.76. The third-order valence-corrected chi connectivity index (χ3v) is 4.10. The van der Waals surface area contributed by atoms with Crippen molar-refractivity contribution in [2.24, 2.45) is 0 Å². The number of carbonyl (C=O) groups is 2. The molecular weight excluding hydrogens is 353 g/mol. The van der Waals surface area contributed by atoms with Crippen LogP contribution in [0.2, 0.25) is 10.0 Å². The van der Waals surface area contributed by atoms with E-state index in [4.69, 9.17) is 27.9 Å². The highest BCUT2D eigenvalue weighted by Crippen LogP contribution is 2.25. The maximum absolute atomic E-state index is 11.9. The Labute approximate surface area is 138 Å². The van der Waals surface area contributed by atoms with Crippen LogP contribution in [-0.4, -0.2) is 23.3 Å².